The first kappa shape index (κ1) is 24.3. The third-order valence-corrected chi connectivity index (χ3v) is 6.50. The summed E-state index contributed by atoms with van der Waals surface area (Å²) in [5, 5.41) is 6.74. The summed E-state index contributed by atoms with van der Waals surface area (Å²) in [7, 11) is 1.74. The van der Waals surface area contributed by atoms with E-state index in [1.807, 2.05) is 30.9 Å². The van der Waals surface area contributed by atoms with E-state index in [1.54, 1.807) is 13.1 Å². The van der Waals surface area contributed by atoms with Gasteiger partial charge in [-0.1, -0.05) is 26.8 Å². The summed E-state index contributed by atoms with van der Waals surface area (Å²) in [4.78, 5) is 22.9. The lowest BCUT2D eigenvalue weighted by Crippen LogP contribution is -2.50. The van der Waals surface area contributed by atoms with Crippen molar-refractivity contribution in [1.29, 1.82) is 0 Å². The Hall–Kier alpha value is -2.35. The fraction of sp³-hybridized carbons (Fsp3) is 0.667. The molecule has 8 heteroatoms. The van der Waals surface area contributed by atoms with Gasteiger partial charge in [0, 0.05) is 64.8 Å². The zero-order valence-electron chi connectivity index (χ0n) is 20.0. The molecule has 1 aromatic rings. The monoisotopic (exact) mass is 446 g/mol. The number of nitrogens with one attached hydrogen (secondary N) is 2. The fourth-order valence-electron chi connectivity index (χ4n) is 4.40. The Morgan fingerprint density at radius 2 is 1.84 bits per heavy atom. The van der Waals surface area contributed by atoms with Crippen LogP contribution in [0.15, 0.2) is 23.2 Å². The maximum absolute atomic E-state index is 14.8. The molecule has 0 spiro atoms. The van der Waals surface area contributed by atoms with E-state index in [9.17, 15) is 9.18 Å². The van der Waals surface area contributed by atoms with Crippen LogP contribution in [0.5, 0.6) is 0 Å². The second-order valence-corrected chi connectivity index (χ2v) is 9.03. The molecule has 2 heterocycles. The van der Waals surface area contributed by atoms with Gasteiger partial charge in [0.25, 0.3) is 0 Å². The van der Waals surface area contributed by atoms with Crippen LogP contribution in [-0.2, 0) is 11.3 Å². The first-order valence-corrected chi connectivity index (χ1v) is 11.9. The molecule has 7 nitrogen and oxygen atoms in total. The molecular weight excluding hydrogens is 407 g/mol. The molecule has 178 valence electrons. The molecule has 0 radical (unpaired) electrons. The molecule has 0 bridgehead atoms. The lowest BCUT2D eigenvalue weighted by atomic mass is 10.0. The first-order valence-electron chi connectivity index (χ1n) is 11.9. The second kappa shape index (κ2) is 11.5. The zero-order chi connectivity index (χ0) is 23.1. The summed E-state index contributed by atoms with van der Waals surface area (Å²) >= 11 is 0. The van der Waals surface area contributed by atoms with Crippen molar-refractivity contribution in [2.45, 2.75) is 46.2 Å². The Morgan fingerprint density at radius 1 is 1.16 bits per heavy atom. The van der Waals surface area contributed by atoms with Gasteiger partial charge in [0.15, 0.2) is 5.96 Å². The number of piperazine rings is 1. The average Bonchev–Trinajstić information content (AvgIpc) is 2.81. The van der Waals surface area contributed by atoms with Crippen LogP contribution < -0.4 is 15.5 Å². The van der Waals surface area contributed by atoms with Crippen molar-refractivity contribution in [1.82, 2.24) is 20.4 Å². The van der Waals surface area contributed by atoms with Gasteiger partial charge in [-0.15, -0.1) is 0 Å². The number of nitrogens with zero attached hydrogens (tertiary/aromatic N) is 4. The van der Waals surface area contributed by atoms with Gasteiger partial charge < -0.3 is 25.3 Å². The van der Waals surface area contributed by atoms with E-state index in [0.717, 1.165) is 64.2 Å². The number of aliphatic imine (C=N–C) groups is 1. The number of rotatable bonds is 6. The molecule has 3 rings (SSSR count). The molecule has 0 aromatic heterocycles. The molecule has 2 aliphatic rings. The molecule has 0 saturated carbocycles. The minimum atomic E-state index is -0.167. The summed E-state index contributed by atoms with van der Waals surface area (Å²) in [5.41, 5.74) is 1.58. The number of carbonyl (C=O) groups excluding carboxylic acids is 1. The predicted octanol–water partition coefficient (Wildman–Crippen LogP) is 2.28. The van der Waals surface area contributed by atoms with Gasteiger partial charge in [0.2, 0.25) is 5.91 Å². The number of carbonyl (C=O) groups is 1. The maximum atomic E-state index is 14.8. The Morgan fingerprint density at radius 3 is 2.41 bits per heavy atom. The Balaban J connectivity index is 1.47. The highest BCUT2D eigenvalue weighted by Crippen LogP contribution is 2.22. The standard InChI is InChI=1S/C24H39FN6O/c1-5-29-12-14-30(15-13-29)22-7-6-19(16-21(22)25)17-27-24(26-4)28-20-8-10-31(11-9-20)23(32)18(2)3/h6-7,16,18,20H,5,8-15,17H2,1-4H3,(H2,26,27,28). The highest BCUT2D eigenvalue weighted by atomic mass is 19.1. The number of anilines is 1. The third-order valence-electron chi connectivity index (χ3n) is 6.50. The molecule has 0 atom stereocenters. The number of halogens is 1. The number of amides is 1. The van der Waals surface area contributed by atoms with Gasteiger partial charge in [-0.05, 0) is 37.1 Å². The van der Waals surface area contributed by atoms with Crippen molar-refractivity contribution in [3.8, 4) is 0 Å². The summed E-state index contributed by atoms with van der Waals surface area (Å²) in [5.74, 6) is 0.809. The summed E-state index contributed by atoms with van der Waals surface area (Å²) in [6.07, 6.45) is 1.79. The molecule has 1 aromatic carbocycles. The fourth-order valence-corrected chi connectivity index (χ4v) is 4.40. The number of piperidine rings is 1. The van der Waals surface area contributed by atoms with Crippen LogP contribution in [0.3, 0.4) is 0 Å². The summed E-state index contributed by atoms with van der Waals surface area (Å²) in [6, 6.07) is 5.78. The lowest BCUT2D eigenvalue weighted by molar-refractivity contribution is -0.135. The average molecular weight is 447 g/mol. The normalized spacial score (nSPS) is 18.9. The number of hydrogen-bond donors (Lipinski definition) is 2. The van der Waals surface area contributed by atoms with E-state index in [-0.39, 0.29) is 23.7 Å². The summed E-state index contributed by atoms with van der Waals surface area (Å²) < 4.78 is 14.8. The van der Waals surface area contributed by atoms with Crippen molar-refractivity contribution >= 4 is 17.6 Å². The third kappa shape index (κ3) is 6.34. The first-order chi connectivity index (χ1) is 15.4. The molecule has 2 fully saturated rings. The van der Waals surface area contributed by atoms with Crippen LogP contribution in [0.4, 0.5) is 10.1 Å². The van der Waals surface area contributed by atoms with Crippen molar-refractivity contribution < 1.29 is 9.18 Å². The van der Waals surface area contributed by atoms with Crippen molar-refractivity contribution in [3.63, 3.8) is 0 Å². The highest BCUT2D eigenvalue weighted by molar-refractivity contribution is 5.80. The molecular formula is C24H39FN6O. The van der Waals surface area contributed by atoms with E-state index >= 15 is 0 Å². The van der Waals surface area contributed by atoms with Gasteiger partial charge in [-0.25, -0.2) is 4.39 Å². The molecule has 32 heavy (non-hydrogen) atoms. The molecule has 2 saturated heterocycles. The van der Waals surface area contributed by atoms with Crippen molar-refractivity contribution in [2.24, 2.45) is 10.9 Å². The Labute approximate surface area is 192 Å². The smallest absolute Gasteiger partial charge is 0.225 e. The topological polar surface area (TPSA) is 63.2 Å². The van der Waals surface area contributed by atoms with Gasteiger partial charge in [-0.2, -0.15) is 0 Å². The predicted molar refractivity (Wildman–Crippen MR) is 129 cm³/mol. The van der Waals surface area contributed by atoms with Crippen LogP contribution in [0.2, 0.25) is 0 Å². The van der Waals surface area contributed by atoms with Gasteiger partial charge in [0.05, 0.1) is 5.69 Å². The molecule has 2 aliphatic heterocycles. The minimum absolute atomic E-state index is 0.0432. The van der Waals surface area contributed by atoms with Crippen LogP contribution >= 0.6 is 0 Å². The highest BCUT2D eigenvalue weighted by Gasteiger charge is 2.24. The van der Waals surface area contributed by atoms with E-state index in [0.29, 0.717) is 18.2 Å². The largest absolute Gasteiger partial charge is 0.367 e. The number of likely N-dealkylation sites (N-methyl/N-ethyl adjacent to an activating group) is 1. The zero-order valence-corrected chi connectivity index (χ0v) is 20.0. The van der Waals surface area contributed by atoms with E-state index in [1.165, 1.54) is 0 Å². The van der Waals surface area contributed by atoms with E-state index in [2.05, 4.69) is 32.3 Å². The number of guanidine groups is 1. The van der Waals surface area contributed by atoms with Crippen LogP contribution in [0.1, 0.15) is 39.2 Å². The molecule has 1 amide bonds. The van der Waals surface area contributed by atoms with Gasteiger partial charge >= 0.3 is 0 Å². The van der Waals surface area contributed by atoms with Crippen LogP contribution in [0.25, 0.3) is 0 Å². The SMILES string of the molecule is CCN1CCN(c2ccc(CNC(=NC)NC3CCN(C(=O)C(C)C)CC3)cc2F)CC1. The Kier molecular flexibility index (Phi) is 8.73. The van der Waals surface area contributed by atoms with E-state index in [4.69, 9.17) is 0 Å². The number of hydrogen-bond acceptors (Lipinski definition) is 4. The van der Waals surface area contributed by atoms with Crippen LogP contribution in [0, 0.1) is 11.7 Å². The molecule has 0 aliphatic carbocycles. The quantitative estimate of drug-likeness (QED) is 0.519. The summed E-state index contributed by atoms with van der Waals surface area (Å²) in [6.45, 7) is 12.8. The second-order valence-electron chi connectivity index (χ2n) is 9.03. The van der Waals surface area contributed by atoms with Gasteiger partial charge in [0.1, 0.15) is 5.82 Å². The number of likely N-dealkylation sites (tertiary alicyclic amines) is 1. The molecule has 0 unspecified atom stereocenters. The Bertz CT molecular complexity index is 783. The van der Waals surface area contributed by atoms with Gasteiger partial charge in [-0.3, -0.25) is 9.79 Å². The van der Waals surface area contributed by atoms with Crippen LogP contribution in [-0.4, -0.2) is 80.6 Å². The maximum Gasteiger partial charge on any atom is 0.225 e. The van der Waals surface area contributed by atoms with Crippen molar-refractivity contribution in [3.05, 3.63) is 29.6 Å². The minimum Gasteiger partial charge on any atom is -0.367 e. The van der Waals surface area contributed by atoms with E-state index < -0.39 is 0 Å². The lowest BCUT2D eigenvalue weighted by Gasteiger charge is -2.35. The molecule has 2 N–H and O–H groups in total. The number of benzene rings is 1. The van der Waals surface area contributed by atoms with Crippen molar-refractivity contribution in [2.75, 3.05) is 57.8 Å².